The highest BCUT2D eigenvalue weighted by atomic mass is 35.5. The number of allylic oxidation sites excluding steroid dienone is 1. The van der Waals surface area contributed by atoms with Crippen molar-refractivity contribution < 1.29 is 9.59 Å². The summed E-state index contributed by atoms with van der Waals surface area (Å²) in [5, 5.41) is 13.4. The minimum atomic E-state index is -0.532. The number of halogens is 2. The first kappa shape index (κ1) is 20.4. The lowest BCUT2D eigenvalue weighted by atomic mass is 10.0. The largest absolute Gasteiger partial charge is 0.320 e. The van der Waals surface area contributed by atoms with Crippen molar-refractivity contribution in [2.75, 3.05) is 10.6 Å². The SMILES string of the molecule is C=C(C)c1ccc(NC(=O)c2ccc(Cl)nn2)c(C(=O)Nc2ccc(Cl)cn2)c1. The van der Waals surface area contributed by atoms with Crippen LogP contribution in [-0.2, 0) is 0 Å². The van der Waals surface area contributed by atoms with Crippen molar-refractivity contribution in [2.45, 2.75) is 6.92 Å². The van der Waals surface area contributed by atoms with Gasteiger partial charge in [0.1, 0.15) is 5.82 Å². The summed E-state index contributed by atoms with van der Waals surface area (Å²) >= 11 is 11.5. The molecule has 29 heavy (non-hydrogen) atoms. The maximum atomic E-state index is 12.8. The van der Waals surface area contributed by atoms with Crippen molar-refractivity contribution >= 4 is 52.1 Å². The van der Waals surface area contributed by atoms with Crippen LogP contribution in [0, 0.1) is 0 Å². The molecule has 0 bridgehead atoms. The van der Waals surface area contributed by atoms with E-state index in [0.717, 1.165) is 11.1 Å². The maximum absolute atomic E-state index is 12.8. The Balaban J connectivity index is 1.90. The highest BCUT2D eigenvalue weighted by molar-refractivity contribution is 6.30. The third-order valence-electron chi connectivity index (χ3n) is 3.84. The Kier molecular flexibility index (Phi) is 6.21. The van der Waals surface area contributed by atoms with Crippen molar-refractivity contribution in [3.63, 3.8) is 0 Å². The standard InChI is InChI=1S/C20H15Cl2N5O2/c1-11(2)12-3-5-15(24-20(29)16-6-7-17(22)27-26-16)14(9-12)19(28)25-18-8-4-13(21)10-23-18/h3-10H,1H2,2H3,(H,24,29)(H,23,25,28). The molecule has 0 aliphatic rings. The van der Waals surface area contributed by atoms with Gasteiger partial charge in [0.25, 0.3) is 11.8 Å². The molecular weight excluding hydrogens is 413 g/mol. The second-order valence-corrected chi connectivity index (χ2v) is 6.88. The smallest absolute Gasteiger partial charge is 0.276 e. The van der Waals surface area contributed by atoms with E-state index in [-0.39, 0.29) is 16.4 Å². The van der Waals surface area contributed by atoms with E-state index in [4.69, 9.17) is 23.2 Å². The molecule has 0 aliphatic heterocycles. The Labute approximate surface area is 176 Å². The van der Waals surface area contributed by atoms with E-state index in [1.807, 2.05) is 6.92 Å². The van der Waals surface area contributed by atoms with Crippen LogP contribution >= 0.6 is 23.2 Å². The molecule has 1 aromatic carbocycles. The Morgan fingerprint density at radius 3 is 2.38 bits per heavy atom. The van der Waals surface area contributed by atoms with E-state index in [1.54, 1.807) is 30.3 Å². The van der Waals surface area contributed by atoms with E-state index >= 15 is 0 Å². The molecule has 3 aromatic rings. The minimum Gasteiger partial charge on any atom is -0.320 e. The van der Waals surface area contributed by atoms with Crippen LogP contribution in [0.5, 0.6) is 0 Å². The second kappa shape index (κ2) is 8.81. The van der Waals surface area contributed by atoms with Gasteiger partial charge in [0.15, 0.2) is 10.8 Å². The molecule has 146 valence electrons. The van der Waals surface area contributed by atoms with Crippen LogP contribution in [0.25, 0.3) is 5.57 Å². The molecule has 2 N–H and O–H groups in total. The van der Waals surface area contributed by atoms with Gasteiger partial charge in [-0.2, -0.15) is 0 Å². The van der Waals surface area contributed by atoms with Crippen LogP contribution in [0.15, 0.2) is 55.2 Å². The lowest BCUT2D eigenvalue weighted by Crippen LogP contribution is -2.20. The number of nitrogens with one attached hydrogen (secondary N) is 2. The van der Waals surface area contributed by atoms with E-state index in [9.17, 15) is 9.59 Å². The zero-order valence-electron chi connectivity index (χ0n) is 15.2. The number of amides is 2. The van der Waals surface area contributed by atoms with Gasteiger partial charge in [-0.05, 0) is 48.9 Å². The Hall–Kier alpha value is -3.29. The van der Waals surface area contributed by atoms with Crippen LogP contribution in [0.3, 0.4) is 0 Å². The molecule has 2 aromatic heterocycles. The molecule has 0 aliphatic carbocycles. The molecule has 0 saturated heterocycles. The third kappa shape index (κ3) is 5.16. The van der Waals surface area contributed by atoms with E-state index in [1.165, 1.54) is 18.3 Å². The Morgan fingerprint density at radius 2 is 1.76 bits per heavy atom. The summed E-state index contributed by atoms with van der Waals surface area (Å²) in [5.74, 6) is -0.669. The molecule has 9 heteroatoms. The summed E-state index contributed by atoms with van der Waals surface area (Å²) < 4.78 is 0. The number of aromatic nitrogens is 3. The molecule has 3 rings (SSSR count). The number of benzene rings is 1. The van der Waals surface area contributed by atoms with Crippen molar-refractivity contribution in [3.8, 4) is 0 Å². The summed E-state index contributed by atoms with van der Waals surface area (Å²) in [4.78, 5) is 29.4. The minimum absolute atomic E-state index is 0.0594. The van der Waals surface area contributed by atoms with Crippen molar-refractivity contribution in [2.24, 2.45) is 0 Å². The quantitative estimate of drug-likeness (QED) is 0.613. The Bertz CT molecular complexity index is 1080. The number of nitrogens with zero attached hydrogens (tertiary/aromatic N) is 3. The molecule has 0 fully saturated rings. The van der Waals surface area contributed by atoms with Crippen molar-refractivity contribution in [1.82, 2.24) is 15.2 Å². The molecule has 0 radical (unpaired) electrons. The first-order valence-corrected chi connectivity index (χ1v) is 9.12. The topological polar surface area (TPSA) is 96.9 Å². The van der Waals surface area contributed by atoms with E-state index in [2.05, 4.69) is 32.4 Å². The predicted molar refractivity (Wildman–Crippen MR) is 113 cm³/mol. The van der Waals surface area contributed by atoms with E-state index < -0.39 is 11.8 Å². The van der Waals surface area contributed by atoms with Gasteiger partial charge in [-0.25, -0.2) is 4.98 Å². The average molecular weight is 428 g/mol. The fourth-order valence-corrected chi connectivity index (χ4v) is 2.58. The average Bonchev–Trinajstić information content (AvgIpc) is 2.70. The van der Waals surface area contributed by atoms with Gasteiger partial charge < -0.3 is 10.6 Å². The van der Waals surface area contributed by atoms with Gasteiger partial charge in [-0.1, -0.05) is 41.4 Å². The number of carbonyl (C=O) groups is 2. The van der Waals surface area contributed by atoms with Crippen molar-refractivity contribution in [1.29, 1.82) is 0 Å². The Morgan fingerprint density at radius 1 is 0.966 bits per heavy atom. The highest BCUT2D eigenvalue weighted by Crippen LogP contribution is 2.23. The molecule has 0 unspecified atom stereocenters. The lowest BCUT2D eigenvalue weighted by molar-refractivity contribution is 0.102. The monoisotopic (exact) mass is 427 g/mol. The lowest BCUT2D eigenvalue weighted by Gasteiger charge is -2.13. The van der Waals surface area contributed by atoms with Crippen LogP contribution in [-0.4, -0.2) is 27.0 Å². The summed E-state index contributed by atoms with van der Waals surface area (Å²) in [7, 11) is 0. The van der Waals surface area contributed by atoms with Gasteiger partial charge in [-0.15, -0.1) is 10.2 Å². The van der Waals surface area contributed by atoms with Gasteiger partial charge in [0, 0.05) is 6.20 Å². The number of hydrogen-bond acceptors (Lipinski definition) is 5. The number of hydrogen-bond donors (Lipinski definition) is 2. The molecule has 7 nitrogen and oxygen atoms in total. The molecule has 0 spiro atoms. The van der Waals surface area contributed by atoms with Crippen LogP contribution in [0.1, 0.15) is 33.3 Å². The summed E-state index contributed by atoms with van der Waals surface area (Å²) in [6, 6.07) is 11.1. The third-order valence-corrected chi connectivity index (χ3v) is 4.26. The number of pyridine rings is 1. The number of rotatable bonds is 5. The molecular formula is C20H15Cl2N5O2. The van der Waals surface area contributed by atoms with Crippen molar-refractivity contribution in [3.05, 3.63) is 82.2 Å². The molecule has 2 amide bonds. The summed E-state index contributed by atoms with van der Waals surface area (Å²) in [6.07, 6.45) is 1.42. The van der Waals surface area contributed by atoms with Crippen LogP contribution in [0.4, 0.5) is 11.5 Å². The summed E-state index contributed by atoms with van der Waals surface area (Å²) in [5.41, 5.74) is 2.11. The second-order valence-electron chi connectivity index (χ2n) is 6.05. The predicted octanol–water partition coefficient (Wildman–Crippen LogP) is 4.72. The number of anilines is 2. The molecule has 0 saturated carbocycles. The van der Waals surface area contributed by atoms with Gasteiger partial charge in [0.2, 0.25) is 0 Å². The molecule has 2 heterocycles. The fourth-order valence-electron chi connectivity index (χ4n) is 2.36. The molecule has 0 atom stereocenters. The normalized spacial score (nSPS) is 10.3. The first-order chi connectivity index (χ1) is 13.8. The zero-order valence-corrected chi connectivity index (χ0v) is 16.8. The van der Waals surface area contributed by atoms with Gasteiger partial charge >= 0.3 is 0 Å². The van der Waals surface area contributed by atoms with Crippen LogP contribution in [0.2, 0.25) is 10.2 Å². The first-order valence-electron chi connectivity index (χ1n) is 8.37. The van der Waals surface area contributed by atoms with Gasteiger partial charge in [0.05, 0.1) is 16.3 Å². The maximum Gasteiger partial charge on any atom is 0.276 e. The van der Waals surface area contributed by atoms with Gasteiger partial charge in [-0.3, -0.25) is 9.59 Å². The van der Waals surface area contributed by atoms with Crippen LogP contribution < -0.4 is 10.6 Å². The number of carbonyl (C=O) groups excluding carboxylic acids is 2. The summed E-state index contributed by atoms with van der Waals surface area (Å²) in [6.45, 7) is 5.71. The zero-order chi connectivity index (χ0) is 21.0. The van der Waals surface area contributed by atoms with E-state index in [0.29, 0.717) is 16.5 Å². The highest BCUT2D eigenvalue weighted by Gasteiger charge is 2.17. The fraction of sp³-hybridized carbons (Fsp3) is 0.0500.